The predicted molar refractivity (Wildman–Crippen MR) is 136 cm³/mol. The zero-order valence-corrected chi connectivity index (χ0v) is 20.4. The zero-order chi connectivity index (χ0) is 25.9. The average molecular weight is 503 g/mol. The first-order valence-corrected chi connectivity index (χ1v) is 12.0. The van der Waals surface area contributed by atoms with Crippen LogP contribution in [0.25, 0.3) is 11.0 Å². The van der Waals surface area contributed by atoms with Crippen molar-refractivity contribution >= 4 is 22.8 Å². The topological polar surface area (TPSA) is 117 Å². The van der Waals surface area contributed by atoms with Crippen LogP contribution in [-0.2, 0) is 11.2 Å². The number of aromatic nitrogens is 3. The molecule has 4 heterocycles. The van der Waals surface area contributed by atoms with E-state index in [2.05, 4.69) is 15.0 Å². The van der Waals surface area contributed by atoms with E-state index in [9.17, 15) is 14.0 Å². The summed E-state index contributed by atoms with van der Waals surface area (Å²) in [5, 5.41) is 0.792. The fraction of sp³-hybridized carbons (Fsp3) is 0.259. The number of hydrogen-bond acceptors (Lipinski definition) is 6. The maximum atomic E-state index is 14.9. The van der Waals surface area contributed by atoms with Crippen molar-refractivity contribution in [3.05, 3.63) is 83.7 Å². The van der Waals surface area contributed by atoms with Crippen LogP contribution in [0.15, 0.2) is 61.2 Å². The van der Waals surface area contributed by atoms with Crippen LogP contribution in [-0.4, -0.2) is 68.8 Å². The number of rotatable bonds is 6. The fourth-order valence-electron chi connectivity index (χ4n) is 4.52. The van der Waals surface area contributed by atoms with Gasteiger partial charge < -0.3 is 25.3 Å². The van der Waals surface area contributed by atoms with E-state index in [1.165, 1.54) is 12.3 Å². The molecular weight excluding hydrogens is 475 g/mol. The molecule has 190 valence electrons. The Bertz CT molecular complexity index is 1430. The molecular formula is C27H27FN6O3. The van der Waals surface area contributed by atoms with Crippen LogP contribution in [0.4, 0.5) is 4.39 Å². The lowest BCUT2D eigenvalue weighted by atomic mass is 10.0. The second kappa shape index (κ2) is 10.4. The summed E-state index contributed by atoms with van der Waals surface area (Å²) in [6.07, 6.45) is 6.75. The molecule has 0 bridgehead atoms. The Morgan fingerprint density at radius 3 is 2.62 bits per heavy atom. The first-order valence-electron chi connectivity index (χ1n) is 12.0. The second-order valence-electron chi connectivity index (χ2n) is 9.04. The van der Waals surface area contributed by atoms with Crippen molar-refractivity contribution in [2.75, 3.05) is 26.2 Å². The number of amides is 2. The molecule has 9 nitrogen and oxygen atoms in total. The largest absolute Gasteiger partial charge is 0.453 e. The highest BCUT2D eigenvalue weighted by Gasteiger charge is 2.28. The minimum absolute atomic E-state index is 0.0751. The Morgan fingerprint density at radius 1 is 1.11 bits per heavy atom. The van der Waals surface area contributed by atoms with Crippen LogP contribution in [0.2, 0.25) is 0 Å². The molecule has 3 aromatic heterocycles. The third-order valence-electron chi connectivity index (χ3n) is 6.51. The maximum absolute atomic E-state index is 14.9. The number of ether oxygens (including phenoxy) is 1. The van der Waals surface area contributed by atoms with Gasteiger partial charge in [-0.1, -0.05) is 6.07 Å². The summed E-state index contributed by atoms with van der Waals surface area (Å²) in [6.45, 7) is 3.52. The van der Waals surface area contributed by atoms with Gasteiger partial charge in [-0.15, -0.1) is 0 Å². The molecule has 3 N–H and O–H groups in total. The van der Waals surface area contributed by atoms with Crippen LogP contribution in [0.5, 0.6) is 11.5 Å². The van der Waals surface area contributed by atoms with Crippen LogP contribution in [0.1, 0.15) is 21.5 Å². The molecule has 10 heteroatoms. The molecule has 5 rings (SSSR count). The molecule has 0 radical (unpaired) electrons. The first kappa shape index (κ1) is 24.4. The van der Waals surface area contributed by atoms with Gasteiger partial charge in [-0.25, -0.2) is 9.37 Å². The van der Waals surface area contributed by atoms with Gasteiger partial charge in [0.2, 0.25) is 5.91 Å². The summed E-state index contributed by atoms with van der Waals surface area (Å²) < 4.78 is 20.7. The molecule has 1 aliphatic rings. The van der Waals surface area contributed by atoms with Gasteiger partial charge >= 0.3 is 0 Å². The second-order valence-corrected chi connectivity index (χ2v) is 9.04. The van der Waals surface area contributed by atoms with Crippen LogP contribution in [0, 0.1) is 12.7 Å². The number of pyridine rings is 2. The lowest BCUT2D eigenvalue weighted by molar-refractivity contribution is -0.134. The summed E-state index contributed by atoms with van der Waals surface area (Å²) in [7, 11) is 0. The van der Waals surface area contributed by atoms with E-state index in [-0.39, 0.29) is 24.0 Å². The number of aromatic amines is 1. The molecule has 1 fully saturated rings. The first-order chi connectivity index (χ1) is 17.9. The minimum Gasteiger partial charge on any atom is -0.453 e. The van der Waals surface area contributed by atoms with E-state index in [4.69, 9.17) is 10.5 Å². The van der Waals surface area contributed by atoms with Gasteiger partial charge in [-0.2, -0.15) is 0 Å². The number of nitrogens with zero attached hydrogens (tertiary/aromatic N) is 4. The quantitative estimate of drug-likeness (QED) is 0.419. The predicted octanol–water partition coefficient (Wildman–Crippen LogP) is 3.05. The standard InChI is InChI=1S/C27H27FN6O3/c1-17-15-32-25-24(17)23(6-8-31-25)37-22-5-4-18(13-20(22)28)14-21(29)27(36)34-11-9-33(10-12-34)26(35)19-3-2-7-30-16-19/h2-8,13,15-16,21H,9-12,14,29H2,1H3,(H,31,32)/t21-/m0/s1. The van der Waals surface area contributed by atoms with E-state index in [1.54, 1.807) is 52.5 Å². The van der Waals surface area contributed by atoms with Crippen LogP contribution in [0.3, 0.4) is 0 Å². The number of aryl methyl sites for hydroxylation is 1. The number of nitrogens with one attached hydrogen (secondary N) is 1. The van der Waals surface area contributed by atoms with Crippen molar-refractivity contribution in [1.29, 1.82) is 0 Å². The molecule has 1 atom stereocenters. The van der Waals surface area contributed by atoms with Crippen molar-refractivity contribution in [2.45, 2.75) is 19.4 Å². The summed E-state index contributed by atoms with van der Waals surface area (Å²) in [5.41, 5.74) is 8.92. The van der Waals surface area contributed by atoms with Gasteiger partial charge in [-0.05, 0) is 54.8 Å². The smallest absolute Gasteiger partial charge is 0.255 e. The highest BCUT2D eigenvalue weighted by Crippen LogP contribution is 2.32. The Kier molecular flexibility index (Phi) is 6.82. The van der Waals surface area contributed by atoms with Crippen LogP contribution >= 0.6 is 0 Å². The number of carbonyl (C=O) groups excluding carboxylic acids is 2. The van der Waals surface area contributed by atoms with E-state index >= 15 is 0 Å². The molecule has 4 aromatic rings. The summed E-state index contributed by atoms with van der Waals surface area (Å²) in [6, 6.07) is 8.89. The lowest BCUT2D eigenvalue weighted by Crippen LogP contribution is -2.54. The average Bonchev–Trinajstić information content (AvgIpc) is 3.31. The summed E-state index contributed by atoms with van der Waals surface area (Å²) >= 11 is 0. The van der Waals surface area contributed by atoms with E-state index < -0.39 is 11.9 Å². The monoisotopic (exact) mass is 502 g/mol. The van der Waals surface area contributed by atoms with Crippen molar-refractivity contribution in [3.63, 3.8) is 0 Å². The Hall–Kier alpha value is -4.31. The molecule has 0 unspecified atom stereocenters. The van der Waals surface area contributed by atoms with Crippen molar-refractivity contribution in [2.24, 2.45) is 5.73 Å². The highest BCUT2D eigenvalue weighted by molar-refractivity contribution is 5.94. The molecule has 37 heavy (non-hydrogen) atoms. The Morgan fingerprint density at radius 2 is 1.89 bits per heavy atom. The van der Waals surface area contributed by atoms with E-state index in [0.717, 1.165) is 10.9 Å². The number of halogens is 1. The molecule has 1 aliphatic heterocycles. The highest BCUT2D eigenvalue weighted by atomic mass is 19.1. The van der Waals surface area contributed by atoms with Gasteiger partial charge in [-0.3, -0.25) is 14.6 Å². The number of hydrogen-bond donors (Lipinski definition) is 2. The van der Waals surface area contributed by atoms with Crippen molar-refractivity contribution in [3.8, 4) is 11.5 Å². The third kappa shape index (κ3) is 5.14. The number of carbonyl (C=O) groups is 2. The van der Waals surface area contributed by atoms with Crippen molar-refractivity contribution in [1.82, 2.24) is 24.8 Å². The third-order valence-corrected chi connectivity index (χ3v) is 6.51. The number of fused-ring (bicyclic) bond motifs is 1. The van der Waals surface area contributed by atoms with Gasteiger partial charge in [0, 0.05) is 51.0 Å². The molecule has 0 aliphatic carbocycles. The molecule has 1 aromatic carbocycles. The lowest BCUT2D eigenvalue weighted by Gasteiger charge is -2.36. The fourth-order valence-corrected chi connectivity index (χ4v) is 4.52. The van der Waals surface area contributed by atoms with Gasteiger partial charge in [0.1, 0.15) is 11.4 Å². The normalized spacial score (nSPS) is 14.6. The Balaban J connectivity index is 1.18. The number of nitrogens with two attached hydrogens (primary N) is 1. The SMILES string of the molecule is Cc1c[nH]c2nccc(Oc3ccc(C[C@H](N)C(=O)N4CCN(C(=O)c5cccnc5)CC4)cc3F)c12. The van der Waals surface area contributed by atoms with Gasteiger partial charge in [0.25, 0.3) is 5.91 Å². The summed E-state index contributed by atoms with van der Waals surface area (Å²) in [5.74, 6) is -0.301. The van der Waals surface area contributed by atoms with Gasteiger partial charge in [0.15, 0.2) is 11.6 Å². The Labute approximate surface area is 213 Å². The molecule has 2 amide bonds. The summed E-state index contributed by atoms with van der Waals surface area (Å²) in [4.78, 5) is 40.2. The van der Waals surface area contributed by atoms with Crippen LogP contribution < -0.4 is 10.5 Å². The molecule has 0 spiro atoms. The van der Waals surface area contributed by atoms with Crippen molar-refractivity contribution < 1.29 is 18.7 Å². The van der Waals surface area contributed by atoms with E-state index in [0.29, 0.717) is 48.7 Å². The molecule has 0 saturated carbocycles. The molecule has 1 saturated heterocycles. The van der Waals surface area contributed by atoms with E-state index in [1.807, 2.05) is 13.1 Å². The zero-order valence-electron chi connectivity index (χ0n) is 20.4. The number of benzene rings is 1. The minimum atomic E-state index is -0.825. The number of H-pyrrole nitrogens is 1. The van der Waals surface area contributed by atoms with Gasteiger partial charge in [0.05, 0.1) is 17.0 Å². The maximum Gasteiger partial charge on any atom is 0.255 e. The number of piperazine rings is 1.